The fraction of sp³-hybridized carbons (Fsp3) is 0. The normalized spacial score (nSPS) is 15.8. The molecule has 4 aromatic rings. The van der Waals surface area contributed by atoms with Crippen LogP contribution in [0.1, 0.15) is 0 Å². The van der Waals surface area contributed by atoms with Gasteiger partial charge in [0.15, 0.2) is 21.8 Å². The number of thiazole rings is 2. The van der Waals surface area contributed by atoms with E-state index in [2.05, 4.69) is 52.5 Å². The van der Waals surface area contributed by atoms with E-state index in [9.17, 15) is 9.59 Å². The average molecular weight is 784 g/mol. The third-order valence-corrected chi connectivity index (χ3v) is 8.33. The van der Waals surface area contributed by atoms with Gasteiger partial charge in [-0.15, -0.1) is 22.7 Å². The first-order chi connectivity index (χ1) is 20.4. The second-order valence-corrected chi connectivity index (χ2v) is 12.3. The number of carbonyl (C=O) groups is 2. The molecule has 0 radical (unpaired) electrons. The maximum Gasteiger partial charge on any atom is 0.187 e. The van der Waals surface area contributed by atoms with Crippen molar-refractivity contribution >= 4 is 76.4 Å². The Labute approximate surface area is 286 Å². The molecule has 2 aromatic carbocycles. The monoisotopic (exact) mass is 780 g/mol. The first-order valence-corrected chi connectivity index (χ1v) is 15.9. The summed E-state index contributed by atoms with van der Waals surface area (Å²) in [6, 6.07) is 20.0. The van der Waals surface area contributed by atoms with E-state index in [0.29, 0.717) is 11.1 Å². The smallest absolute Gasteiger partial charge is 0.187 e. The van der Waals surface area contributed by atoms with Crippen molar-refractivity contribution in [2.24, 2.45) is 0 Å². The molecular weight excluding hydrogens is 762 g/mol. The Kier molecular flexibility index (Phi) is 12.1. The molecule has 0 aliphatic heterocycles. The van der Waals surface area contributed by atoms with Crippen LogP contribution in [0.2, 0.25) is 0 Å². The zero-order chi connectivity index (χ0) is 29.3. The summed E-state index contributed by atoms with van der Waals surface area (Å²) in [7, 11) is 0. The van der Waals surface area contributed by atoms with Gasteiger partial charge in [0.2, 0.25) is 0 Å². The van der Waals surface area contributed by atoms with Gasteiger partial charge in [0.25, 0.3) is 0 Å². The molecule has 210 valence electrons. The Hall–Kier alpha value is -3.34. The van der Waals surface area contributed by atoms with Crippen molar-refractivity contribution in [3.63, 3.8) is 0 Å². The zero-order valence-corrected chi connectivity index (χ0v) is 30.3. The summed E-state index contributed by atoms with van der Waals surface area (Å²) in [6.45, 7) is 0. The van der Waals surface area contributed by atoms with Crippen LogP contribution >= 0.6 is 54.5 Å². The topological polar surface area (TPSA) is 84.0 Å². The van der Waals surface area contributed by atoms with Gasteiger partial charge in [0.05, 0.1) is 11.4 Å². The summed E-state index contributed by atoms with van der Waals surface area (Å²) in [5, 5.41) is 11.7. The maximum atomic E-state index is 11.7. The van der Waals surface area contributed by atoms with Crippen LogP contribution in [0.3, 0.4) is 0 Å². The van der Waals surface area contributed by atoms with E-state index in [4.69, 9.17) is 0 Å². The molecule has 0 atom stereocenters. The molecule has 43 heavy (non-hydrogen) atoms. The molecule has 2 aliphatic carbocycles. The molecule has 0 amide bonds. The van der Waals surface area contributed by atoms with E-state index in [1.165, 1.54) is 34.8 Å². The first kappa shape index (κ1) is 32.6. The average Bonchev–Trinajstić information content (AvgIpc) is 3.70. The first-order valence-electron chi connectivity index (χ1n) is 12.6. The maximum absolute atomic E-state index is 11.7. The fourth-order valence-electron chi connectivity index (χ4n) is 3.71. The molecule has 11 heteroatoms. The van der Waals surface area contributed by atoms with Crippen LogP contribution in [-0.2, 0) is 29.1 Å². The van der Waals surface area contributed by atoms with Crippen molar-refractivity contribution in [1.82, 2.24) is 9.97 Å². The van der Waals surface area contributed by atoms with Crippen LogP contribution in [0.5, 0.6) is 0 Å². The van der Waals surface area contributed by atoms with E-state index in [0.717, 1.165) is 41.7 Å². The number of benzene rings is 2. The number of allylic oxidation sites excluding steroid dienone is 10. The predicted octanol–water partition coefficient (Wildman–Crippen LogP) is 9.04. The van der Waals surface area contributed by atoms with Gasteiger partial charge >= 0.3 is 0 Å². The summed E-state index contributed by atoms with van der Waals surface area (Å²) in [6.07, 6.45) is 13.5. The van der Waals surface area contributed by atoms with Gasteiger partial charge in [-0.3, -0.25) is 9.59 Å². The number of anilines is 2. The van der Waals surface area contributed by atoms with E-state index >= 15 is 0 Å². The Morgan fingerprint density at radius 2 is 1.00 bits per heavy atom. The van der Waals surface area contributed by atoms with Crippen molar-refractivity contribution in [2.45, 2.75) is 0 Å². The summed E-state index contributed by atoms with van der Waals surface area (Å²) >= 11 is 9.73. The second-order valence-electron chi connectivity index (χ2n) is 8.75. The molecule has 0 bridgehead atoms. The minimum atomic E-state index is -0.0226. The Morgan fingerprint density at radius 1 is 0.605 bits per heavy atom. The van der Waals surface area contributed by atoms with Crippen LogP contribution in [-0.4, -0.2) is 21.5 Å². The molecule has 6 rings (SSSR count). The van der Waals surface area contributed by atoms with E-state index < -0.39 is 0 Å². The summed E-state index contributed by atoms with van der Waals surface area (Å²) in [5.74, 6) is -0.0453. The van der Waals surface area contributed by atoms with Gasteiger partial charge in [-0.2, -0.15) is 0 Å². The van der Waals surface area contributed by atoms with Gasteiger partial charge < -0.3 is 10.6 Å². The van der Waals surface area contributed by atoms with Gasteiger partial charge in [-0.25, -0.2) is 9.97 Å². The molecule has 2 heterocycles. The Bertz CT molecular complexity index is 1660. The zero-order valence-electron chi connectivity index (χ0n) is 22.5. The molecule has 0 saturated heterocycles. The number of rotatable bonds is 6. The van der Waals surface area contributed by atoms with Crippen LogP contribution < -0.4 is 10.6 Å². The molecule has 6 nitrogen and oxygen atoms in total. The third-order valence-electron chi connectivity index (χ3n) is 5.79. The number of ketones is 2. The minimum Gasteiger partial charge on any atom is -0.337 e. The fourth-order valence-corrected chi connectivity index (χ4v) is 5.84. The van der Waals surface area contributed by atoms with Crippen LogP contribution in [0.15, 0.2) is 140 Å². The number of halogens is 2. The standard InChI is InChI=1S/2C16H11BrN2OS.Zn/c2*17-13-6-7-15(20)12(8-13)9-18-16-19-14(10-21-16)11-4-2-1-3-5-11;/h2*1-10H,(H,18,19);/b2*12-9-;. The number of hydrogen-bond donors (Lipinski definition) is 2. The van der Waals surface area contributed by atoms with E-state index in [1.807, 2.05) is 71.4 Å². The summed E-state index contributed by atoms with van der Waals surface area (Å²) in [5.41, 5.74) is 5.20. The van der Waals surface area contributed by atoms with Crippen LogP contribution in [0, 0.1) is 0 Å². The predicted molar refractivity (Wildman–Crippen MR) is 181 cm³/mol. The Morgan fingerprint density at radius 3 is 1.40 bits per heavy atom. The molecule has 2 aromatic heterocycles. The number of nitrogens with zero attached hydrogens (tertiary/aromatic N) is 2. The van der Waals surface area contributed by atoms with Gasteiger partial charge in [0.1, 0.15) is 0 Å². The van der Waals surface area contributed by atoms with Gasteiger partial charge in [-0.05, 0) is 36.5 Å². The van der Waals surface area contributed by atoms with Crippen molar-refractivity contribution in [2.75, 3.05) is 10.6 Å². The number of nitrogens with one attached hydrogen (secondary N) is 2. The van der Waals surface area contributed by atoms with Crippen molar-refractivity contribution in [1.29, 1.82) is 0 Å². The number of aromatic nitrogens is 2. The van der Waals surface area contributed by atoms with Crippen molar-refractivity contribution in [3.05, 3.63) is 140 Å². The second kappa shape index (κ2) is 15.9. The van der Waals surface area contributed by atoms with Crippen molar-refractivity contribution < 1.29 is 29.1 Å². The number of carbonyl (C=O) groups excluding carboxylic acids is 2. The number of hydrogen-bond acceptors (Lipinski definition) is 8. The van der Waals surface area contributed by atoms with Crippen molar-refractivity contribution in [3.8, 4) is 22.5 Å². The SMILES string of the molecule is O=C1C=CC(Br)=C/C1=C/Nc1nc(-c2ccccc2)cs1.O=C1C=CC(Br)=C/C1=C/Nc1nc(-c2ccccc2)cs1.[Zn]. The van der Waals surface area contributed by atoms with Gasteiger partial charge in [-0.1, -0.05) is 92.5 Å². The van der Waals surface area contributed by atoms with E-state index in [-0.39, 0.29) is 31.0 Å². The molecule has 0 unspecified atom stereocenters. The van der Waals surface area contributed by atoms with Crippen LogP contribution in [0.25, 0.3) is 22.5 Å². The summed E-state index contributed by atoms with van der Waals surface area (Å²) < 4.78 is 1.75. The quantitative estimate of drug-likeness (QED) is 0.150. The van der Waals surface area contributed by atoms with E-state index in [1.54, 1.807) is 36.7 Å². The minimum absolute atomic E-state index is 0. The Balaban J connectivity index is 0.000000192. The molecule has 2 N–H and O–H groups in total. The molecule has 0 fully saturated rings. The summed E-state index contributed by atoms with van der Waals surface area (Å²) in [4.78, 5) is 32.4. The molecular formula is C32H22Br2N4O2S2Zn. The van der Waals surface area contributed by atoms with Gasteiger partial charge in [0, 0.05) is 73.9 Å². The third kappa shape index (κ3) is 9.32. The van der Waals surface area contributed by atoms with Crippen LogP contribution in [0.4, 0.5) is 10.3 Å². The largest absolute Gasteiger partial charge is 0.337 e. The molecule has 0 spiro atoms. The molecule has 2 aliphatic rings. The molecule has 0 saturated carbocycles.